The molecule has 1 aliphatic rings. The summed E-state index contributed by atoms with van der Waals surface area (Å²) < 4.78 is 1.93. The molecule has 0 radical (unpaired) electrons. The number of nitrogens with zero attached hydrogens (tertiary/aromatic N) is 3. The Morgan fingerprint density at radius 3 is 2.85 bits per heavy atom. The van der Waals surface area contributed by atoms with Crippen LogP contribution in [0.3, 0.4) is 0 Å². The van der Waals surface area contributed by atoms with Crippen molar-refractivity contribution in [3.63, 3.8) is 0 Å². The Balaban J connectivity index is 1.74. The molecule has 1 fully saturated rings. The lowest BCUT2D eigenvalue weighted by molar-refractivity contribution is -0.125. The Kier molecular flexibility index (Phi) is 5.79. The van der Waals surface area contributed by atoms with E-state index in [9.17, 15) is 4.79 Å². The van der Waals surface area contributed by atoms with E-state index in [1.54, 1.807) is 6.08 Å². The van der Waals surface area contributed by atoms with Crippen molar-refractivity contribution >= 4 is 23.6 Å². The van der Waals surface area contributed by atoms with Crippen LogP contribution in [-0.4, -0.2) is 40.2 Å². The van der Waals surface area contributed by atoms with E-state index in [1.165, 1.54) is 0 Å². The van der Waals surface area contributed by atoms with Crippen LogP contribution in [0.25, 0.3) is 6.08 Å². The second kappa shape index (κ2) is 8.06. The van der Waals surface area contributed by atoms with Crippen LogP contribution < -0.4 is 5.73 Å². The third kappa shape index (κ3) is 4.00. The molecular weight excluding hydrogens is 348 g/mol. The van der Waals surface area contributed by atoms with Gasteiger partial charge in [0.15, 0.2) is 0 Å². The first-order valence-electron chi connectivity index (χ1n) is 8.94. The quantitative estimate of drug-likeness (QED) is 0.820. The molecule has 26 heavy (non-hydrogen) atoms. The highest BCUT2D eigenvalue weighted by atomic mass is 35.5. The first-order chi connectivity index (χ1) is 12.5. The Labute approximate surface area is 159 Å². The number of nitrogens with two attached hydrogens (primary N) is 1. The molecule has 0 aliphatic carbocycles. The van der Waals surface area contributed by atoms with Gasteiger partial charge in [0.25, 0.3) is 0 Å². The number of rotatable bonds is 5. The van der Waals surface area contributed by atoms with Crippen LogP contribution >= 0.6 is 11.6 Å². The molecule has 6 heteroatoms. The lowest BCUT2D eigenvalue weighted by atomic mass is 10.1. The number of aromatic nitrogens is 2. The summed E-state index contributed by atoms with van der Waals surface area (Å²) in [7, 11) is 0. The van der Waals surface area contributed by atoms with Gasteiger partial charge in [-0.05, 0) is 50.4 Å². The number of aryl methyl sites for hydroxylation is 1. The minimum Gasteiger partial charge on any atom is -0.339 e. The first-order valence-corrected chi connectivity index (χ1v) is 9.32. The molecule has 1 saturated heterocycles. The van der Waals surface area contributed by atoms with Gasteiger partial charge in [0.1, 0.15) is 0 Å². The van der Waals surface area contributed by atoms with Crippen molar-refractivity contribution in [2.75, 3.05) is 19.6 Å². The molecule has 0 bridgehead atoms. The van der Waals surface area contributed by atoms with Gasteiger partial charge in [0.05, 0.1) is 12.2 Å². The molecule has 1 amide bonds. The third-order valence-electron chi connectivity index (χ3n) is 5.04. The Morgan fingerprint density at radius 1 is 1.38 bits per heavy atom. The largest absolute Gasteiger partial charge is 0.339 e. The summed E-state index contributed by atoms with van der Waals surface area (Å²) in [5.74, 6) is 0.466. The van der Waals surface area contributed by atoms with E-state index in [0.717, 1.165) is 47.0 Å². The van der Waals surface area contributed by atoms with E-state index in [-0.39, 0.29) is 5.91 Å². The zero-order valence-corrected chi connectivity index (χ0v) is 16.0. The summed E-state index contributed by atoms with van der Waals surface area (Å²) >= 11 is 6.26. The van der Waals surface area contributed by atoms with Crippen LogP contribution in [0, 0.1) is 19.8 Å². The van der Waals surface area contributed by atoms with Gasteiger partial charge in [-0.2, -0.15) is 5.10 Å². The highest BCUT2D eigenvalue weighted by Gasteiger charge is 2.23. The van der Waals surface area contributed by atoms with Gasteiger partial charge in [0.2, 0.25) is 5.91 Å². The number of hydrogen-bond acceptors (Lipinski definition) is 3. The second-order valence-corrected chi connectivity index (χ2v) is 7.25. The van der Waals surface area contributed by atoms with Crippen molar-refractivity contribution in [1.29, 1.82) is 0 Å². The highest BCUT2D eigenvalue weighted by molar-refractivity contribution is 6.31. The van der Waals surface area contributed by atoms with Crippen LogP contribution in [0.4, 0.5) is 0 Å². The molecule has 1 aliphatic heterocycles. The van der Waals surface area contributed by atoms with Crippen LogP contribution in [-0.2, 0) is 11.3 Å². The number of halogens is 1. The van der Waals surface area contributed by atoms with Gasteiger partial charge in [-0.3, -0.25) is 9.48 Å². The summed E-state index contributed by atoms with van der Waals surface area (Å²) in [5.41, 5.74) is 9.64. The molecule has 1 aromatic heterocycles. The average Bonchev–Trinajstić information content (AvgIpc) is 3.21. The van der Waals surface area contributed by atoms with Crippen molar-refractivity contribution < 1.29 is 4.79 Å². The minimum absolute atomic E-state index is 0.0404. The van der Waals surface area contributed by atoms with Crippen molar-refractivity contribution in [2.24, 2.45) is 11.7 Å². The van der Waals surface area contributed by atoms with Crippen molar-refractivity contribution in [3.8, 4) is 0 Å². The minimum atomic E-state index is 0.0404. The predicted octanol–water partition coefficient (Wildman–Crippen LogP) is 3.02. The van der Waals surface area contributed by atoms with Gasteiger partial charge in [-0.1, -0.05) is 29.8 Å². The number of likely N-dealkylation sites (tertiary alicyclic amines) is 1. The standard InChI is InChI=1S/C20H25ClN4O/c1-14-18(7-8-20(26)24-10-9-16(11-22)12-24)15(2)25(23-14)13-17-5-3-4-6-19(17)21/h3-8,16H,9-13,22H2,1-2H3. The fourth-order valence-corrected chi connectivity index (χ4v) is 3.57. The van der Waals surface area contributed by atoms with Crippen LogP contribution in [0.5, 0.6) is 0 Å². The molecular formula is C20H25ClN4O. The monoisotopic (exact) mass is 372 g/mol. The molecule has 2 heterocycles. The van der Waals surface area contributed by atoms with E-state index in [2.05, 4.69) is 5.10 Å². The first kappa shape index (κ1) is 18.7. The summed E-state index contributed by atoms with van der Waals surface area (Å²) in [6, 6.07) is 7.77. The van der Waals surface area contributed by atoms with Crippen molar-refractivity contribution in [1.82, 2.24) is 14.7 Å². The fraction of sp³-hybridized carbons (Fsp3) is 0.400. The summed E-state index contributed by atoms with van der Waals surface area (Å²) in [6.45, 7) is 6.76. The molecule has 1 atom stereocenters. The van der Waals surface area contributed by atoms with Crippen LogP contribution in [0.15, 0.2) is 30.3 Å². The third-order valence-corrected chi connectivity index (χ3v) is 5.41. The maximum absolute atomic E-state index is 12.4. The topological polar surface area (TPSA) is 64.2 Å². The summed E-state index contributed by atoms with van der Waals surface area (Å²) in [6.07, 6.45) is 4.51. The Morgan fingerprint density at radius 2 is 2.15 bits per heavy atom. The molecule has 3 rings (SSSR count). The van der Waals surface area contributed by atoms with E-state index in [0.29, 0.717) is 19.0 Å². The number of benzene rings is 1. The number of carbonyl (C=O) groups is 1. The predicted molar refractivity (Wildman–Crippen MR) is 105 cm³/mol. The maximum atomic E-state index is 12.4. The molecule has 138 valence electrons. The molecule has 0 spiro atoms. The molecule has 2 N–H and O–H groups in total. The number of amides is 1. The van der Waals surface area contributed by atoms with E-state index >= 15 is 0 Å². The van der Waals surface area contributed by atoms with Crippen LogP contribution in [0.2, 0.25) is 5.02 Å². The molecule has 2 aromatic rings. The zero-order chi connectivity index (χ0) is 18.7. The summed E-state index contributed by atoms with van der Waals surface area (Å²) in [4.78, 5) is 14.3. The van der Waals surface area contributed by atoms with Gasteiger partial charge >= 0.3 is 0 Å². The van der Waals surface area contributed by atoms with Crippen molar-refractivity contribution in [2.45, 2.75) is 26.8 Å². The highest BCUT2D eigenvalue weighted by Crippen LogP contribution is 2.21. The number of carbonyl (C=O) groups excluding carboxylic acids is 1. The van der Waals surface area contributed by atoms with Crippen LogP contribution in [0.1, 0.15) is 28.9 Å². The Bertz CT molecular complexity index is 827. The SMILES string of the molecule is Cc1nn(Cc2ccccc2Cl)c(C)c1C=CC(=O)N1CCC(CN)C1. The maximum Gasteiger partial charge on any atom is 0.246 e. The second-order valence-electron chi connectivity index (χ2n) is 6.84. The Hall–Kier alpha value is -2.11. The lowest BCUT2D eigenvalue weighted by Crippen LogP contribution is -2.28. The zero-order valence-electron chi connectivity index (χ0n) is 15.3. The normalized spacial score (nSPS) is 17.4. The van der Waals surface area contributed by atoms with E-state index < -0.39 is 0 Å². The van der Waals surface area contributed by atoms with Gasteiger partial charge < -0.3 is 10.6 Å². The fourth-order valence-electron chi connectivity index (χ4n) is 3.38. The van der Waals surface area contributed by atoms with E-state index in [4.69, 9.17) is 17.3 Å². The smallest absolute Gasteiger partial charge is 0.246 e. The molecule has 0 saturated carbocycles. The van der Waals surface area contributed by atoms with Gasteiger partial charge in [0, 0.05) is 35.4 Å². The molecule has 1 aromatic carbocycles. The van der Waals surface area contributed by atoms with Gasteiger partial charge in [-0.25, -0.2) is 0 Å². The van der Waals surface area contributed by atoms with Gasteiger partial charge in [-0.15, -0.1) is 0 Å². The molecule has 1 unspecified atom stereocenters. The molecule has 5 nitrogen and oxygen atoms in total. The summed E-state index contributed by atoms with van der Waals surface area (Å²) in [5, 5.41) is 5.34. The lowest BCUT2D eigenvalue weighted by Gasteiger charge is -2.13. The number of hydrogen-bond donors (Lipinski definition) is 1. The average molecular weight is 373 g/mol. The van der Waals surface area contributed by atoms with E-state index in [1.807, 2.05) is 53.8 Å². The van der Waals surface area contributed by atoms with Crippen molar-refractivity contribution in [3.05, 3.63) is 57.9 Å².